The molecule has 3 aromatic rings. The van der Waals surface area contributed by atoms with E-state index < -0.39 is 56.0 Å². The van der Waals surface area contributed by atoms with Crippen LogP contribution in [-0.4, -0.2) is 57.0 Å². The molecule has 1 saturated heterocycles. The number of amides is 1. The highest BCUT2D eigenvalue weighted by molar-refractivity contribution is 7.89. The van der Waals surface area contributed by atoms with Gasteiger partial charge in [-0.25, -0.2) is 16.8 Å². The van der Waals surface area contributed by atoms with Crippen molar-refractivity contribution in [1.29, 1.82) is 0 Å². The van der Waals surface area contributed by atoms with Crippen molar-refractivity contribution in [3.63, 3.8) is 0 Å². The van der Waals surface area contributed by atoms with Crippen LogP contribution in [0.5, 0.6) is 0 Å². The van der Waals surface area contributed by atoms with Crippen LogP contribution in [0.15, 0.2) is 94.7 Å². The van der Waals surface area contributed by atoms with Crippen LogP contribution in [-0.2, 0) is 31.0 Å². The molecular weight excluding hydrogens is 531 g/mol. The van der Waals surface area contributed by atoms with Crippen molar-refractivity contribution in [2.45, 2.75) is 22.0 Å². The summed E-state index contributed by atoms with van der Waals surface area (Å²) in [6.07, 6.45) is -4.78. The van der Waals surface area contributed by atoms with Gasteiger partial charge in [-0.05, 0) is 36.4 Å². The molecule has 3 aromatic carbocycles. The Morgan fingerprint density at radius 2 is 1.27 bits per heavy atom. The first-order chi connectivity index (χ1) is 17.4. The number of nitrogens with one attached hydrogen (secondary N) is 1. The summed E-state index contributed by atoms with van der Waals surface area (Å²) < 4.78 is 95.5. The predicted molar refractivity (Wildman–Crippen MR) is 129 cm³/mol. The molecule has 0 saturated carbocycles. The third-order valence-corrected chi connectivity index (χ3v) is 9.62. The second-order valence-electron chi connectivity index (χ2n) is 8.15. The lowest BCUT2D eigenvalue weighted by atomic mass is 10.1. The van der Waals surface area contributed by atoms with E-state index in [0.29, 0.717) is 0 Å². The molecule has 0 unspecified atom stereocenters. The standard InChI is InChI=1S/C24H22F3N3O5S2/c25-24(26,27)20-13-7-8-14-21(20)28-23(31)22-17-29(36(32,33)18-9-3-1-4-10-18)15-16-30(22)37(34,35)19-11-5-2-6-12-19/h1-14,22H,15-17H2,(H,28,31)/t22-/m1/s1. The number of alkyl halides is 3. The summed E-state index contributed by atoms with van der Waals surface area (Å²) >= 11 is 0. The molecule has 1 aliphatic rings. The zero-order valence-electron chi connectivity index (χ0n) is 19.2. The Kier molecular flexibility index (Phi) is 7.42. The van der Waals surface area contributed by atoms with Crippen molar-refractivity contribution in [3.8, 4) is 0 Å². The van der Waals surface area contributed by atoms with Gasteiger partial charge < -0.3 is 5.32 Å². The highest BCUT2D eigenvalue weighted by atomic mass is 32.2. The van der Waals surface area contributed by atoms with Crippen molar-refractivity contribution >= 4 is 31.6 Å². The van der Waals surface area contributed by atoms with Crippen molar-refractivity contribution in [1.82, 2.24) is 8.61 Å². The average molecular weight is 554 g/mol. The number of nitrogens with zero attached hydrogens (tertiary/aromatic N) is 2. The summed E-state index contributed by atoms with van der Waals surface area (Å²) in [5.74, 6) is -1.09. The Bertz CT molecular complexity index is 1480. The van der Waals surface area contributed by atoms with E-state index in [-0.39, 0.29) is 22.9 Å². The monoisotopic (exact) mass is 553 g/mol. The molecular formula is C24H22F3N3O5S2. The smallest absolute Gasteiger partial charge is 0.324 e. The fourth-order valence-corrected chi connectivity index (χ4v) is 7.04. The Morgan fingerprint density at radius 1 is 0.757 bits per heavy atom. The topological polar surface area (TPSA) is 104 Å². The second-order valence-corrected chi connectivity index (χ2v) is 12.0. The van der Waals surface area contributed by atoms with Gasteiger partial charge in [-0.15, -0.1) is 0 Å². The van der Waals surface area contributed by atoms with Gasteiger partial charge in [0.15, 0.2) is 0 Å². The van der Waals surface area contributed by atoms with Crippen LogP contribution < -0.4 is 5.32 Å². The molecule has 1 heterocycles. The summed E-state index contributed by atoms with van der Waals surface area (Å²) in [6.45, 7) is -1.24. The molecule has 1 aliphatic heterocycles. The number of anilines is 1. The number of piperazine rings is 1. The molecule has 1 atom stereocenters. The molecule has 0 radical (unpaired) electrons. The molecule has 0 spiro atoms. The predicted octanol–water partition coefficient (Wildman–Crippen LogP) is 3.41. The van der Waals surface area contributed by atoms with Crippen LogP contribution >= 0.6 is 0 Å². The second kappa shape index (κ2) is 10.2. The number of para-hydroxylation sites is 1. The fourth-order valence-electron chi connectivity index (χ4n) is 3.99. The van der Waals surface area contributed by atoms with E-state index in [4.69, 9.17) is 0 Å². The van der Waals surface area contributed by atoms with E-state index in [9.17, 15) is 34.8 Å². The third kappa shape index (κ3) is 5.54. The lowest BCUT2D eigenvalue weighted by Crippen LogP contribution is -2.60. The van der Waals surface area contributed by atoms with E-state index in [0.717, 1.165) is 26.8 Å². The maximum Gasteiger partial charge on any atom is 0.418 e. The van der Waals surface area contributed by atoms with Crippen LogP contribution in [0.4, 0.5) is 18.9 Å². The number of benzene rings is 3. The van der Waals surface area contributed by atoms with Crippen LogP contribution in [0.2, 0.25) is 0 Å². The van der Waals surface area contributed by atoms with Gasteiger partial charge in [-0.1, -0.05) is 48.5 Å². The molecule has 0 bridgehead atoms. The van der Waals surface area contributed by atoms with Crippen molar-refractivity contribution < 1.29 is 34.8 Å². The number of hydrogen-bond donors (Lipinski definition) is 1. The van der Waals surface area contributed by atoms with Crippen molar-refractivity contribution in [2.75, 3.05) is 25.0 Å². The largest absolute Gasteiger partial charge is 0.418 e. The van der Waals surface area contributed by atoms with Crippen LogP contribution in [0.3, 0.4) is 0 Å². The number of sulfonamides is 2. The Labute approximate surface area is 212 Å². The Hall–Kier alpha value is -3.26. The number of carbonyl (C=O) groups excluding carboxylic acids is 1. The zero-order chi connectivity index (χ0) is 26.8. The van der Waals surface area contributed by atoms with Gasteiger partial charge in [0, 0.05) is 19.6 Å². The molecule has 0 aromatic heterocycles. The minimum atomic E-state index is -4.78. The van der Waals surface area contributed by atoms with Crippen molar-refractivity contribution in [3.05, 3.63) is 90.5 Å². The van der Waals surface area contributed by atoms with Gasteiger partial charge >= 0.3 is 6.18 Å². The maximum absolute atomic E-state index is 13.5. The summed E-state index contributed by atoms with van der Waals surface area (Å²) in [7, 11) is -8.41. The van der Waals surface area contributed by atoms with E-state index in [2.05, 4.69) is 5.32 Å². The van der Waals surface area contributed by atoms with E-state index in [1.54, 1.807) is 12.1 Å². The van der Waals surface area contributed by atoms with Gasteiger partial charge in [0.2, 0.25) is 26.0 Å². The molecule has 1 fully saturated rings. The van der Waals surface area contributed by atoms with Crippen molar-refractivity contribution in [2.24, 2.45) is 0 Å². The van der Waals surface area contributed by atoms with Gasteiger partial charge in [-0.2, -0.15) is 21.8 Å². The normalized spacial score (nSPS) is 17.9. The summed E-state index contributed by atoms with van der Waals surface area (Å²) in [5.41, 5.74) is -1.69. The van der Waals surface area contributed by atoms with Crippen LogP contribution in [0.1, 0.15) is 5.56 Å². The highest BCUT2D eigenvalue weighted by Gasteiger charge is 2.44. The van der Waals surface area contributed by atoms with E-state index in [1.807, 2.05) is 0 Å². The quantitative estimate of drug-likeness (QED) is 0.504. The van der Waals surface area contributed by atoms with E-state index >= 15 is 0 Å². The minimum absolute atomic E-state index is 0.0593. The molecule has 37 heavy (non-hydrogen) atoms. The molecule has 1 amide bonds. The summed E-state index contributed by atoms with van der Waals surface area (Å²) in [5, 5.41) is 2.17. The SMILES string of the molecule is O=C(Nc1ccccc1C(F)(F)F)[C@H]1CN(S(=O)(=O)c2ccccc2)CCN1S(=O)(=O)c1ccccc1. The first kappa shape index (κ1) is 26.8. The zero-order valence-corrected chi connectivity index (χ0v) is 20.8. The van der Waals surface area contributed by atoms with Gasteiger partial charge in [-0.3, -0.25) is 4.79 Å². The van der Waals surface area contributed by atoms with Crippen LogP contribution in [0.25, 0.3) is 0 Å². The summed E-state index contributed by atoms with van der Waals surface area (Å²) in [6, 6.07) is 17.2. The first-order valence-electron chi connectivity index (χ1n) is 11.0. The number of halogens is 3. The lowest BCUT2D eigenvalue weighted by molar-refractivity contribution is -0.137. The highest BCUT2D eigenvalue weighted by Crippen LogP contribution is 2.35. The molecule has 4 rings (SSSR count). The first-order valence-corrected chi connectivity index (χ1v) is 13.9. The Morgan fingerprint density at radius 3 is 1.84 bits per heavy atom. The molecule has 1 N–H and O–H groups in total. The molecule has 196 valence electrons. The van der Waals surface area contributed by atoms with Gasteiger partial charge in [0.25, 0.3) is 0 Å². The lowest BCUT2D eigenvalue weighted by Gasteiger charge is -2.39. The molecule has 0 aliphatic carbocycles. The molecule has 8 nitrogen and oxygen atoms in total. The summed E-state index contributed by atoms with van der Waals surface area (Å²) in [4.78, 5) is 13.1. The van der Waals surface area contributed by atoms with Gasteiger partial charge in [0.1, 0.15) is 6.04 Å². The number of carbonyl (C=O) groups is 1. The number of hydrogen-bond acceptors (Lipinski definition) is 5. The van der Waals surface area contributed by atoms with Gasteiger partial charge in [0.05, 0.1) is 21.0 Å². The van der Waals surface area contributed by atoms with Crippen LogP contribution in [0, 0.1) is 0 Å². The maximum atomic E-state index is 13.5. The minimum Gasteiger partial charge on any atom is -0.324 e. The number of rotatable bonds is 6. The third-order valence-electron chi connectivity index (χ3n) is 5.82. The molecule has 13 heteroatoms. The van der Waals surface area contributed by atoms with E-state index in [1.165, 1.54) is 54.6 Å². The Balaban J connectivity index is 1.72. The fraction of sp³-hybridized carbons (Fsp3) is 0.208. The average Bonchev–Trinajstić information content (AvgIpc) is 2.89.